The van der Waals surface area contributed by atoms with Gasteiger partial charge in [-0.15, -0.1) is 0 Å². The Balaban J connectivity index is 0.974. The highest BCUT2D eigenvalue weighted by Crippen LogP contribution is 2.58. The van der Waals surface area contributed by atoms with E-state index in [0.717, 1.165) is 16.9 Å². The summed E-state index contributed by atoms with van der Waals surface area (Å²) in [5.74, 6) is -5.25. The number of hydrogen-bond acceptors (Lipinski definition) is 11. The van der Waals surface area contributed by atoms with Crippen LogP contribution in [0.3, 0.4) is 0 Å². The number of nitrogens with zero attached hydrogens (tertiary/aromatic N) is 8. The average Bonchev–Trinajstić information content (AvgIpc) is 3.68. The van der Waals surface area contributed by atoms with Crippen LogP contribution in [0.15, 0.2) is 153 Å². The number of aromatic hydroxyl groups is 1. The number of anilines is 4. The van der Waals surface area contributed by atoms with Crippen LogP contribution in [-0.2, 0) is 19.2 Å². The van der Waals surface area contributed by atoms with Crippen LogP contribution in [0.5, 0.6) is 5.75 Å². The number of phenolic OH excluding ortho intramolecular Hbond substituents is 1. The number of imide groups is 2. The van der Waals surface area contributed by atoms with Crippen molar-refractivity contribution in [3.8, 4) is 5.75 Å². The minimum Gasteiger partial charge on any atom is -0.508 e. The molecular formula is C48H44N8O5. The first-order valence-electron chi connectivity index (χ1n) is 20.3. The Hall–Kier alpha value is -7.28. The van der Waals surface area contributed by atoms with Gasteiger partial charge in [-0.3, -0.25) is 29.0 Å². The maximum Gasteiger partial charge on any atom is 0.238 e. The van der Waals surface area contributed by atoms with Crippen molar-refractivity contribution >= 4 is 69.1 Å². The van der Waals surface area contributed by atoms with E-state index >= 15 is 0 Å². The van der Waals surface area contributed by atoms with E-state index in [1.807, 2.05) is 98.7 Å². The minimum atomic E-state index is -0.770. The quantitative estimate of drug-likeness (QED) is 0.0885. The van der Waals surface area contributed by atoms with Gasteiger partial charge in [0.25, 0.3) is 0 Å². The Kier molecular flexibility index (Phi) is 10.1. The Bertz CT molecular complexity index is 2620. The summed E-state index contributed by atoms with van der Waals surface area (Å²) in [6.07, 6.45) is 2.54. The van der Waals surface area contributed by atoms with E-state index in [1.165, 1.54) is 9.80 Å². The van der Waals surface area contributed by atoms with Crippen LogP contribution in [0.25, 0.3) is 0 Å². The Labute approximate surface area is 353 Å². The molecule has 2 saturated heterocycles. The number of azo groups is 2. The van der Waals surface area contributed by atoms with Gasteiger partial charge in [0.2, 0.25) is 23.6 Å². The van der Waals surface area contributed by atoms with Crippen LogP contribution >= 0.6 is 0 Å². The van der Waals surface area contributed by atoms with Crippen molar-refractivity contribution < 1.29 is 24.3 Å². The van der Waals surface area contributed by atoms with Crippen molar-refractivity contribution in [2.45, 2.75) is 18.8 Å². The molecule has 3 fully saturated rings. The lowest BCUT2D eigenvalue weighted by atomic mass is 9.57. The number of fused-ring (bicyclic) bond motifs is 4. The highest BCUT2D eigenvalue weighted by molar-refractivity contribution is 6.24. The van der Waals surface area contributed by atoms with Gasteiger partial charge in [-0.1, -0.05) is 23.8 Å². The molecule has 4 amide bonds. The molecule has 1 N–H and O–H groups in total. The second-order valence-corrected chi connectivity index (χ2v) is 16.4. The summed E-state index contributed by atoms with van der Waals surface area (Å²) in [6.45, 7) is 0. The number of phenols is 1. The number of allylic oxidation sites excluding steroid dienone is 2. The summed E-state index contributed by atoms with van der Waals surface area (Å²) in [6, 6.07) is 35.7. The third-order valence-electron chi connectivity index (χ3n) is 12.4. The lowest BCUT2D eigenvalue weighted by molar-refractivity contribution is -0.126. The minimum absolute atomic E-state index is 0.0287. The first kappa shape index (κ1) is 39.2. The van der Waals surface area contributed by atoms with E-state index in [9.17, 15) is 24.3 Å². The number of rotatable bonds is 9. The molecule has 6 atom stereocenters. The molecule has 0 radical (unpaired) electrons. The summed E-state index contributed by atoms with van der Waals surface area (Å²) >= 11 is 0. The topological polar surface area (TPSA) is 151 Å². The van der Waals surface area contributed by atoms with Crippen LogP contribution in [0.4, 0.5) is 45.5 Å². The molecule has 0 bridgehead atoms. The van der Waals surface area contributed by atoms with E-state index in [4.69, 9.17) is 0 Å². The van der Waals surface area contributed by atoms with Gasteiger partial charge in [0.05, 0.1) is 57.8 Å². The van der Waals surface area contributed by atoms with E-state index in [-0.39, 0.29) is 35.8 Å². The molecule has 306 valence electrons. The predicted octanol–water partition coefficient (Wildman–Crippen LogP) is 9.40. The molecule has 61 heavy (non-hydrogen) atoms. The van der Waals surface area contributed by atoms with Crippen LogP contribution in [0.1, 0.15) is 24.3 Å². The van der Waals surface area contributed by atoms with E-state index in [1.54, 1.807) is 66.7 Å². The lowest BCUT2D eigenvalue weighted by Crippen LogP contribution is -2.43. The first-order valence-corrected chi connectivity index (χ1v) is 20.3. The molecule has 9 rings (SSSR count). The summed E-state index contributed by atoms with van der Waals surface area (Å²) < 4.78 is 0. The molecule has 0 aromatic heterocycles. The number of carbonyl (C=O) groups excluding carboxylic acids is 4. The van der Waals surface area contributed by atoms with E-state index in [2.05, 4.69) is 20.5 Å². The van der Waals surface area contributed by atoms with Crippen molar-refractivity contribution in [1.29, 1.82) is 0 Å². The van der Waals surface area contributed by atoms with Gasteiger partial charge in [0, 0.05) is 45.5 Å². The van der Waals surface area contributed by atoms with Gasteiger partial charge < -0.3 is 14.9 Å². The van der Waals surface area contributed by atoms with Gasteiger partial charge in [-0.2, -0.15) is 20.5 Å². The van der Waals surface area contributed by atoms with Crippen molar-refractivity contribution in [1.82, 2.24) is 0 Å². The third kappa shape index (κ3) is 7.15. The average molecular weight is 813 g/mol. The zero-order valence-electron chi connectivity index (χ0n) is 34.2. The SMILES string of the molecule is CN(C)c1ccc(N=Nc2ccc(N3C(=O)[C@H]4[C@H](CC=C5[C@H]4C[C@H]4C(=O)N(c6ccc(N=Nc7ccc(N(C)C)cc7)cc6)C(=O)[C@H]4[C@H]5c4cccc(O)c4)C3=O)cc2)cc1. The fraction of sp³-hybridized carbons (Fsp3) is 0.250. The fourth-order valence-electron chi connectivity index (χ4n) is 9.39. The van der Waals surface area contributed by atoms with Gasteiger partial charge in [-0.25, -0.2) is 0 Å². The monoisotopic (exact) mass is 812 g/mol. The largest absolute Gasteiger partial charge is 0.508 e. The molecule has 4 aliphatic rings. The smallest absolute Gasteiger partial charge is 0.238 e. The molecule has 2 heterocycles. The summed E-state index contributed by atoms with van der Waals surface area (Å²) in [7, 11) is 7.86. The van der Waals surface area contributed by atoms with Crippen molar-refractivity contribution in [2.75, 3.05) is 47.8 Å². The molecule has 1 saturated carbocycles. The molecule has 2 aliphatic heterocycles. The maximum atomic E-state index is 14.6. The molecular weight excluding hydrogens is 769 g/mol. The normalized spacial score (nSPS) is 23.4. The fourth-order valence-corrected chi connectivity index (χ4v) is 9.39. The van der Waals surface area contributed by atoms with Crippen LogP contribution < -0.4 is 19.6 Å². The molecule has 0 spiro atoms. The van der Waals surface area contributed by atoms with E-state index in [0.29, 0.717) is 46.1 Å². The zero-order valence-corrected chi connectivity index (χ0v) is 34.2. The lowest BCUT2D eigenvalue weighted by Gasteiger charge is -2.44. The maximum absolute atomic E-state index is 14.6. The van der Waals surface area contributed by atoms with Gasteiger partial charge >= 0.3 is 0 Å². The summed E-state index contributed by atoms with van der Waals surface area (Å²) in [5.41, 5.74) is 6.94. The van der Waals surface area contributed by atoms with E-state index < -0.39 is 35.5 Å². The molecule has 13 nitrogen and oxygen atoms in total. The highest BCUT2D eigenvalue weighted by Gasteiger charge is 2.62. The Morgan fingerprint density at radius 2 is 0.967 bits per heavy atom. The van der Waals surface area contributed by atoms with Crippen LogP contribution in [-0.4, -0.2) is 56.9 Å². The molecule has 2 aliphatic carbocycles. The van der Waals surface area contributed by atoms with Crippen molar-refractivity contribution in [3.63, 3.8) is 0 Å². The summed E-state index contributed by atoms with van der Waals surface area (Å²) in [5, 5.41) is 28.0. The number of benzene rings is 5. The van der Waals surface area contributed by atoms with Crippen LogP contribution in [0.2, 0.25) is 0 Å². The second-order valence-electron chi connectivity index (χ2n) is 16.4. The van der Waals surface area contributed by atoms with Crippen molar-refractivity contribution in [3.05, 3.63) is 139 Å². The molecule has 13 heteroatoms. The Morgan fingerprint density at radius 1 is 0.525 bits per heavy atom. The number of amides is 4. The van der Waals surface area contributed by atoms with Gasteiger partial charge in [-0.05, 0) is 134 Å². The van der Waals surface area contributed by atoms with Crippen LogP contribution in [0, 0.1) is 29.6 Å². The van der Waals surface area contributed by atoms with Gasteiger partial charge in [0.1, 0.15) is 5.75 Å². The number of carbonyl (C=O) groups is 4. The third-order valence-corrected chi connectivity index (χ3v) is 12.4. The summed E-state index contributed by atoms with van der Waals surface area (Å²) in [4.78, 5) is 64.2. The zero-order chi connectivity index (χ0) is 42.5. The number of hydrogen-bond donors (Lipinski definition) is 1. The van der Waals surface area contributed by atoms with Gasteiger partial charge in [0.15, 0.2) is 0 Å². The first-order chi connectivity index (χ1) is 29.5. The highest BCUT2D eigenvalue weighted by atomic mass is 16.3. The van der Waals surface area contributed by atoms with Crippen molar-refractivity contribution in [2.24, 2.45) is 50.0 Å². The molecule has 0 unspecified atom stereocenters. The molecule has 5 aromatic rings. The second kappa shape index (κ2) is 15.7. The standard InChI is InChI=1S/C48H44N8O5/c1-53(2)33-16-8-29(9-17-33)49-51-31-12-20-35(21-13-31)55-45(58)39-25-24-38-40(43(39)47(55)60)27-41-44(42(38)28-6-5-7-37(57)26-28)48(61)56(46(41)59)36-22-14-32(15-23-36)52-50-30-10-18-34(19-11-30)54(3)4/h5-24,26,39-44,57H,25,27H2,1-4H3/t39-,40+,41+,42-,43-,44+/m0/s1. The Morgan fingerprint density at radius 3 is 1.43 bits per heavy atom. The molecule has 5 aromatic carbocycles. The predicted molar refractivity (Wildman–Crippen MR) is 233 cm³/mol.